The Bertz CT molecular complexity index is 791. The van der Waals surface area contributed by atoms with Crippen molar-refractivity contribution in [2.75, 3.05) is 29.4 Å². The minimum absolute atomic E-state index is 0.0139. The van der Waals surface area contributed by atoms with Crippen LogP contribution in [0.3, 0.4) is 0 Å². The van der Waals surface area contributed by atoms with Gasteiger partial charge in [0.05, 0.1) is 12.1 Å². The van der Waals surface area contributed by atoms with Crippen molar-refractivity contribution in [3.05, 3.63) is 11.3 Å². The highest BCUT2D eigenvalue weighted by molar-refractivity contribution is 5.68. The van der Waals surface area contributed by atoms with Crippen LogP contribution in [-0.4, -0.2) is 57.9 Å². The van der Waals surface area contributed by atoms with E-state index in [1.54, 1.807) is 18.7 Å². The van der Waals surface area contributed by atoms with Gasteiger partial charge in [0.25, 0.3) is 0 Å². The average Bonchev–Trinajstić information content (AvgIpc) is 3.05. The lowest BCUT2D eigenvalue weighted by atomic mass is 10.0. The van der Waals surface area contributed by atoms with Crippen molar-refractivity contribution in [2.45, 2.75) is 45.0 Å². The highest BCUT2D eigenvalue weighted by Gasteiger charge is 2.57. The van der Waals surface area contributed by atoms with Crippen LogP contribution in [0.15, 0.2) is 0 Å². The highest BCUT2D eigenvalue weighted by atomic mass is 19.4. The average molecular weight is 400 g/mol. The number of halogens is 3. The van der Waals surface area contributed by atoms with Crippen molar-refractivity contribution < 1.29 is 28.2 Å². The first-order chi connectivity index (χ1) is 13.1. The summed E-state index contributed by atoms with van der Waals surface area (Å²) in [4.78, 5) is 22.6. The Morgan fingerprint density at radius 1 is 1.21 bits per heavy atom. The van der Waals surface area contributed by atoms with Gasteiger partial charge in [-0.1, -0.05) is 6.92 Å². The molecule has 0 spiro atoms. The fraction of sp³-hybridized carbons (Fsp3) is 0.722. The number of alkyl halides is 3. The van der Waals surface area contributed by atoms with Crippen LogP contribution in [0.5, 0.6) is 0 Å². The zero-order valence-electron chi connectivity index (χ0n) is 15.6. The van der Waals surface area contributed by atoms with Crippen LogP contribution in [0, 0.1) is 17.8 Å². The number of β-amino-alcohol motifs (C(OH)–C–C–N with tert-alkyl or cyclic N) is 1. The quantitative estimate of drug-likeness (QED) is 0.779. The lowest BCUT2D eigenvalue weighted by molar-refractivity contribution is -0.142. The molecule has 2 saturated heterocycles. The second-order valence-electron chi connectivity index (χ2n) is 7.98. The van der Waals surface area contributed by atoms with Crippen LogP contribution in [0.1, 0.15) is 31.5 Å². The van der Waals surface area contributed by atoms with Gasteiger partial charge in [0.1, 0.15) is 5.82 Å². The summed E-state index contributed by atoms with van der Waals surface area (Å²) in [6.07, 6.45) is -4.95. The van der Waals surface area contributed by atoms with E-state index in [-0.39, 0.29) is 60.5 Å². The maximum atomic E-state index is 13.7. The maximum absolute atomic E-state index is 13.7. The summed E-state index contributed by atoms with van der Waals surface area (Å²) in [7, 11) is 0. The minimum atomic E-state index is -4.60. The molecule has 5 atom stereocenters. The Labute approximate surface area is 160 Å². The Morgan fingerprint density at radius 3 is 2.32 bits per heavy atom. The van der Waals surface area contributed by atoms with Crippen LogP contribution < -0.4 is 9.80 Å². The second-order valence-corrected chi connectivity index (χ2v) is 7.98. The van der Waals surface area contributed by atoms with Gasteiger partial charge in [-0.25, -0.2) is 4.98 Å². The molecule has 1 saturated carbocycles. The van der Waals surface area contributed by atoms with Crippen molar-refractivity contribution in [3.63, 3.8) is 0 Å². The van der Waals surface area contributed by atoms with E-state index in [4.69, 9.17) is 5.11 Å². The summed E-state index contributed by atoms with van der Waals surface area (Å²) in [5.74, 6) is -0.0757. The number of hydrogen-bond acceptors (Lipinski definition) is 6. The molecule has 1 aromatic heterocycles. The molecule has 0 aromatic carbocycles. The fourth-order valence-corrected chi connectivity index (χ4v) is 4.59. The highest BCUT2D eigenvalue weighted by Crippen LogP contribution is 2.54. The second kappa shape index (κ2) is 6.47. The maximum Gasteiger partial charge on any atom is 0.433 e. The van der Waals surface area contributed by atoms with Crippen molar-refractivity contribution in [2.24, 2.45) is 17.8 Å². The molecule has 4 rings (SSSR count). The van der Waals surface area contributed by atoms with E-state index in [2.05, 4.69) is 9.97 Å². The number of carboxylic acid groups (broad SMARTS) is 1. The molecule has 3 aliphatic rings. The number of anilines is 2. The van der Waals surface area contributed by atoms with E-state index in [1.807, 2.05) is 4.90 Å². The van der Waals surface area contributed by atoms with Crippen molar-refractivity contribution >= 4 is 17.7 Å². The number of aromatic nitrogens is 2. The predicted octanol–water partition coefficient (Wildman–Crippen LogP) is 1.78. The number of carbonyl (C=O) groups is 1. The van der Waals surface area contributed by atoms with Gasteiger partial charge in [-0.05, 0) is 31.1 Å². The Morgan fingerprint density at radius 2 is 1.86 bits per heavy atom. The Balaban J connectivity index is 1.66. The lowest BCUT2D eigenvalue weighted by Gasteiger charge is -2.43. The Hall–Kier alpha value is -2.10. The molecule has 10 heteroatoms. The van der Waals surface area contributed by atoms with Crippen LogP contribution in [0.4, 0.5) is 24.9 Å². The molecule has 1 aromatic rings. The molecule has 154 valence electrons. The van der Waals surface area contributed by atoms with Crippen LogP contribution in [0.2, 0.25) is 0 Å². The van der Waals surface area contributed by atoms with Gasteiger partial charge in [-0.3, -0.25) is 4.79 Å². The molecule has 0 amide bonds. The number of rotatable bonds is 5. The third-order valence-electron chi connectivity index (χ3n) is 6.37. The molecule has 0 bridgehead atoms. The SMILES string of the molecule is CCc1c(N2C[C@@H]3[C@H](CC(=O)O)[C@@H]3C2)nc(N2C[C@@H](O)[C@@H]2C)nc1C(F)(F)F. The molecule has 2 aliphatic heterocycles. The van der Waals surface area contributed by atoms with Gasteiger partial charge in [-0.15, -0.1) is 0 Å². The van der Waals surface area contributed by atoms with Gasteiger partial charge in [0.2, 0.25) is 5.95 Å². The van der Waals surface area contributed by atoms with Crippen LogP contribution in [-0.2, 0) is 17.4 Å². The van der Waals surface area contributed by atoms with Gasteiger partial charge in [-0.2, -0.15) is 18.2 Å². The molecular weight excluding hydrogens is 377 g/mol. The van der Waals surface area contributed by atoms with E-state index >= 15 is 0 Å². The summed E-state index contributed by atoms with van der Waals surface area (Å²) in [5.41, 5.74) is -0.854. The van der Waals surface area contributed by atoms with Gasteiger partial charge in [0.15, 0.2) is 5.69 Å². The standard InChI is InChI=1S/C18H23F3N4O3/c1-3-9-15(18(19,20)21)22-17(25-7-13(26)8(25)2)23-16(9)24-5-11-10(4-14(27)28)12(11)6-24/h8,10-13,26H,3-7H2,1-2H3,(H,27,28)/t8-,10-,11+,12-,13+/m0/s1. The monoisotopic (exact) mass is 400 g/mol. The van der Waals surface area contributed by atoms with Gasteiger partial charge < -0.3 is 20.0 Å². The smallest absolute Gasteiger partial charge is 0.433 e. The third-order valence-corrected chi connectivity index (χ3v) is 6.37. The van der Waals surface area contributed by atoms with Crippen LogP contribution in [0.25, 0.3) is 0 Å². The van der Waals surface area contributed by atoms with Crippen molar-refractivity contribution in [1.29, 1.82) is 0 Å². The van der Waals surface area contributed by atoms with E-state index < -0.39 is 23.9 Å². The number of aliphatic hydroxyl groups excluding tert-OH is 1. The molecule has 0 radical (unpaired) electrons. The van der Waals surface area contributed by atoms with E-state index in [1.165, 1.54) is 0 Å². The van der Waals surface area contributed by atoms with Crippen molar-refractivity contribution in [1.82, 2.24) is 9.97 Å². The number of aliphatic hydroxyl groups is 1. The molecule has 2 N–H and O–H groups in total. The van der Waals surface area contributed by atoms with E-state index in [9.17, 15) is 23.1 Å². The van der Waals surface area contributed by atoms with Gasteiger partial charge in [0, 0.05) is 31.6 Å². The minimum Gasteiger partial charge on any atom is -0.481 e. The predicted molar refractivity (Wildman–Crippen MR) is 94.2 cm³/mol. The summed E-state index contributed by atoms with van der Waals surface area (Å²) in [6.45, 7) is 4.61. The first-order valence-electron chi connectivity index (χ1n) is 9.51. The fourth-order valence-electron chi connectivity index (χ4n) is 4.59. The zero-order chi connectivity index (χ0) is 20.4. The summed E-state index contributed by atoms with van der Waals surface area (Å²) in [5, 5.41) is 18.7. The Kier molecular flexibility index (Phi) is 4.44. The molecule has 0 unspecified atom stereocenters. The van der Waals surface area contributed by atoms with E-state index in [0.717, 1.165) is 0 Å². The molecule has 3 fully saturated rings. The molecule has 1 aliphatic carbocycles. The van der Waals surface area contributed by atoms with E-state index in [0.29, 0.717) is 13.1 Å². The first-order valence-corrected chi connectivity index (χ1v) is 9.51. The first kappa shape index (κ1) is 19.2. The normalized spacial score (nSPS) is 31.6. The molecular formula is C18H23F3N4O3. The number of nitrogens with zero attached hydrogens (tertiary/aromatic N) is 4. The molecule has 7 nitrogen and oxygen atoms in total. The largest absolute Gasteiger partial charge is 0.481 e. The number of hydrogen-bond donors (Lipinski definition) is 2. The summed E-state index contributed by atoms with van der Waals surface area (Å²) >= 11 is 0. The topological polar surface area (TPSA) is 89.8 Å². The summed E-state index contributed by atoms with van der Waals surface area (Å²) < 4.78 is 41.1. The third kappa shape index (κ3) is 3.07. The molecule has 28 heavy (non-hydrogen) atoms. The van der Waals surface area contributed by atoms with Crippen molar-refractivity contribution in [3.8, 4) is 0 Å². The number of aliphatic carboxylic acids is 1. The molecule has 3 heterocycles. The summed E-state index contributed by atoms with van der Waals surface area (Å²) in [6, 6.07) is -0.340. The lowest BCUT2D eigenvalue weighted by Crippen LogP contribution is -2.59. The number of fused-ring (bicyclic) bond motifs is 1. The van der Waals surface area contributed by atoms with Crippen LogP contribution >= 0.6 is 0 Å². The van der Waals surface area contributed by atoms with Gasteiger partial charge >= 0.3 is 12.1 Å². The number of piperidine rings is 1. The zero-order valence-corrected chi connectivity index (χ0v) is 15.6. The number of carboxylic acids is 1.